The minimum Gasteiger partial charge on any atom is -0.493 e. The fourth-order valence-corrected chi connectivity index (χ4v) is 3.08. The minimum absolute atomic E-state index is 0.0312. The molecule has 0 spiro atoms. The molecule has 134 valence electrons. The Bertz CT molecular complexity index is 739. The second-order valence-corrected chi connectivity index (χ2v) is 6.57. The van der Waals surface area contributed by atoms with Crippen LogP contribution in [0.25, 0.3) is 0 Å². The van der Waals surface area contributed by atoms with Gasteiger partial charge in [-0.05, 0) is 43.9 Å². The number of ether oxygens (including phenoxy) is 1. The van der Waals surface area contributed by atoms with Crippen LogP contribution in [-0.2, 0) is 24.3 Å². The number of benzene rings is 1. The van der Waals surface area contributed by atoms with Crippen molar-refractivity contribution in [3.05, 3.63) is 41.0 Å². The number of hydrogen-bond acceptors (Lipinski definition) is 4. The van der Waals surface area contributed by atoms with E-state index >= 15 is 0 Å². The number of rotatable bonds is 6. The van der Waals surface area contributed by atoms with Gasteiger partial charge in [0, 0.05) is 13.0 Å². The molecule has 1 N–H and O–H groups in total. The van der Waals surface area contributed by atoms with E-state index in [-0.39, 0.29) is 5.91 Å². The number of nitrogens with one attached hydrogen (secondary N) is 1. The summed E-state index contributed by atoms with van der Waals surface area (Å²) in [6.07, 6.45) is 4.85. The van der Waals surface area contributed by atoms with Gasteiger partial charge in [0.25, 0.3) is 0 Å². The van der Waals surface area contributed by atoms with E-state index in [9.17, 15) is 4.79 Å². The zero-order valence-corrected chi connectivity index (χ0v) is 15.0. The van der Waals surface area contributed by atoms with Crippen LogP contribution in [0.4, 0.5) is 0 Å². The highest BCUT2D eigenvalue weighted by Crippen LogP contribution is 2.20. The summed E-state index contributed by atoms with van der Waals surface area (Å²) in [6, 6.07) is 5.96. The van der Waals surface area contributed by atoms with E-state index in [0.717, 1.165) is 42.3 Å². The zero-order valence-electron chi connectivity index (χ0n) is 15.0. The first kappa shape index (κ1) is 17.5. The van der Waals surface area contributed by atoms with Gasteiger partial charge in [0.15, 0.2) is 5.82 Å². The summed E-state index contributed by atoms with van der Waals surface area (Å²) < 4.78 is 7.89. The van der Waals surface area contributed by atoms with Crippen LogP contribution in [0.1, 0.15) is 48.5 Å². The van der Waals surface area contributed by atoms with Crippen molar-refractivity contribution >= 4 is 5.91 Å². The number of aryl methyl sites for hydroxylation is 2. The van der Waals surface area contributed by atoms with Crippen LogP contribution in [0.5, 0.6) is 5.75 Å². The Kier molecular flexibility index (Phi) is 5.68. The summed E-state index contributed by atoms with van der Waals surface area (Å²) in [5, 5.41) is 11.4. The van der Waals surface area contributed by atoms with Crippen LogP contribution in [0.15, 0.2) is 18.2 Å². The normalized spacial score (nSPS) is 13.8. The summed E-state index contributed by atoms with van der Waals surface area (Å²) in [6.45, 7) is 5.82. The molecule has 1 amide bonds. The molecule has 6 heteroatoms. The SMILES string of the molecule is Cc1cccc(OCCC(=O)NCc2nnc3n2CCCCC3)c1C. The molecule has 0 bridgehead atoms. The van der Waals surface area contributed by atoms with Gasteiger partial charge >= 0.3 is 0 Å². The standard InChI is InChI=1S/C19H26N4O2/c1-14-7-6-8-16(15(14)2)25-12-10-19(24)20-13-18-22-21-17-9-4-3-5-11-23(17)18/h6-8H,3-5,9-13H2,1-2H3,(H,20,24). The molecule has 0 saturated heterocycles. The van der Waals surface area contributed by atoms with Crippen molar-refractivity contribution in [1.29, 1.82) is 0 Å². The molecule has 0 atom stereocenters. The summed E-state index contributed by atoms with van der Waals surface area (Å²) in [7, 11) is 0. The quantitative estimate of drug-likeness (QED) is 0.876. The topological polar surface area (TPSA) is 69.0 Å². The molecule has 6 nitrogen and oxygen atoms in total. The van der Waals surface area contributed by atoms with E-state index in [1.807, 2.05) is 19.1 Å². The average Bonchev–Trinajstić information content (AvgIpc) is 2.83. The maximum Gasteiger partial charge on any atom is 0.223 e. The first-order valence-corrected chi connectivity index (χ1v) is 9.02. The number of amides is 1. The Morgan fingerprint density at radius 3 is 3.00 bits per heavy atom. The molecule has 0 fully saturated rings. The van der Waals surface area contributed by atoms with Gasteiger partial charge in [0.2, 0.25) is 5.91 Å². The molecule has 2 heterocycles. The number of aromatic nitrogens is 3. The van der Waals surface area contributed by atoms with Gasteiger partial charge in [-0.1, -0.05) is 18.6 Å². The number of hydrogen-bond donors (Lipinski definition) is 1. The molecule has 1 aliphatic rings. The molecular weight excluding hydrogens is 316 g/mol. The molecule has 1 aromatic carbocycles. The van der Waals surface area contributed by atoms with Crippen molar-refractivity contribution in [2.45, 2.75) is 59.0 Å². The monoisotopic (exact) mass is 342 g/mol. The average molecular weight is 342 g/mol. The van der Waals surface area contributed by atoms with Crippen LogP contribution >= 0.6 is 0 Å². The van der Waals surface area contributed by atoms with Crippen molar-refractivity contribution in [1.82, 2.24) is 20.1 Å². The van der Waals surface area contributed by atoms with Crippen molar-refractivity contribution in [3.63, 3.8) is 0 Å². The number of nitrogens with zero attached hydrogens (tertiary/aromatic N) is 3. The highest BCUT2D eigenvalue weighted by molar-refractivity contribution is 5.75. The fourth-order valence-electron chi connectivity index (χ4n) is 3.08. The Balaban J connectivity index is 1.46. The lowest BCUT2D eigenvalue weighted by molar-refractivity contribution is -0.121. The van der Waals surface area contributed by atoms with Gasteiger partial charge in [-0.3, -0.25) is 4.79 Å². The number of fused-ring (bicyclic) bond motifs is 1. The first-order valence-electron chi connectivity index (χ1n) is 9.02. The zero-order chi connectivity index (χ0) is 17.6. The molecule has 0 aliphatic carbocycles. The lowest BCUT2D eigenvalue weighted by atomic mass is 10.1. The Morgan fingerprint density at radius 2 is 2.12 bits per heavy atom. The van der Waals surface area contributed by atoms with Gasteiger partial charge in [-0.25, -0.2) is 0 Å². The largest absolute Gasteiger partial charge is 0.493 e. The fraction of sp³-hybridized carbons (Fsp3) is 0.526. The van der Waals surface area contributed by atoms with Crippen molar-refractivity contribution in [2.75, 3.05) is 6.61 Å². The Morgan fingerprint density at radius 1 is 1.24 bits per heavy atom. The molecule has 1 aliphatic heterocycles. The Labute approximate surface area is 148 Å². The molecule has 0 unspecified atom stereocenters. The van der Waals surface area contributed by atoms with Crippen LogP contribution in [0.2, 0.25) is 0 Å². The third kappa shape index (κ3) is 4.38. The predicted molar refractivity (Wildman–Crippen MR) is 95.5 cm³/mol. The molecule has 0 saturated carbocycles. The van der Waals surface area contributed by atoms with Crippen LogP contribution in [-0.4, -0.2) is 27.3 Å². The molecule has 3 rings (SSSR count). The van der Waals surface area contributed by atoms with Gasteiger partial charge in [0.1, 0.15) is 11.6 Å². The summed E-state index contributed by atoms with van der Waals surface area (Å²) in [5.41, 5.74) is 2.31. The van der Waals surface area contributed by atoms with Crippen LogP contribution in [0, 0.1) is 13.8 Å². The summed E-state index contributed by atoms with van der Waals surface area (Å²) in [5.74, 6) is 2.70. The van der Waals surface area contributed by atoms with Gasteiger partial charge in [-0.15, -0.1) is 10.2 Å². The van der Waals surface area contributed by atoms with E-state index in [0.29, 0.717) is 19.6 Å². The number of carbonyl (C=O) groups is 1. The number of carbonyl (C=O) groups excluding carboxylic acids is 1. The van der Waals surface area contributed by atoms with E-state index in [4.69, 9.17) is 4.74 Å². The van der Waals surface area contributed by atoms with E-state index in [1.54, 1.807) is 0 Å². The highest BCUT2D eigenvalue weighted by Gasteiger charge is 2.15. The van der Waals surface area contributed by atoms with Gasteiger partial charge in [0.05, 0.1) is 19.6 Å². The van der Waals surface area contributed by atoms with Gasteiger partial charge < -0.3 is 14.6 Å². The van der Waals surface area contributed by atoms with E-state index in [2.05, 4.69) is 33.1 Å². The lowest BCUT2D eigenvalue weighted by Crippen LogP contribution is -2.26. The smallest absolute Gasteiger partial charge is 0.223 e. The van der Waals surface area contributed by atoms with E-state index in [1.165, 1.54) is 18.4 Å². The maximum atomic E-state index is 12.1. The second-order valence-electron chi connectivity index (χ2n) is 6.57. The highest BCUT2D eigenvalue weighted by atomic mass is 16.5. The maximum absolute atomic E-state index is 12.1. The third-order valence-corrected chi connectivity index (χ3v) is 4.77. The summed E-state index contributed by atoms with van der Waals surface area (Å²) >= 11 is 0. The van der Waals surface area contributed by atoms with Crippen molar-refractivity contribution in [2.24, 2.45) is 0 Å². The van der Waals surface area contributed by atoms with Crippen LogP contribution in [0.3, 0.4) is 0 Å². The summed E-state index contributed by atoms with van der Waals surface area (Å²) in [4.78, 5) is 12.1. The second kappa shape index (κ2) is 8.14. The van der Waals surface area contributed by atoms with Crippen molar-refractivity contribution in [3.8, 4) is 5.75 Å². The predicted octanol–water partition coefficient (Wildman–Crippen LogP) is 2.71. The Hall–Kier alpha value is -2.37. The van der Waals surface area contributed by atoms with Gasteiger partial charge in [-0.2, -0.15) is 0 Å². The minimum atomic E-state index is -0.0312. The molecule has 1 aromatic heterocycles. The van der Waals surface area contributed by atoms with Crippen molar-refractivity contribution < 1.29 is 9.53 Å². The molecule has 2 aromatic rings. The molecule has 25 heavy (non-hydrogen) atoms. The molecular formula is C19H26N4O2. The third-order valence-electron chi connectivity index (χ3n) is 4.77. The van der Waals surface area contributed by atoms with Crippen LogP contribution < -0.4 is 10.1 Å². The van der Waals surface area contributed by atoms with E-state index < -0.39 is 0 Å². The molecule has 0 radical (unpaired) electrons. The lowest BCUT2D eigenvalue weighted by Gasteiger charge is -2.11. The first-order chi connectivity index (χ1) is 12.1.